The molecule has 2 aromatic carbocycles. The number of benzene rings is 2. The van der Waals surface area contributed by atoms with Crippen LogP contribution in [-0.4, -0.2) is 49.2 Å². The first-order valence-electron chi connectivity index (χ1n) is 12.7. The molecule has 1 aromatic heterocycles. The van der Waals surface area contributed by atoms with Gasteiger partial charge in [0.2, 0.25) is 0 Å². The summed E-state index contributed by atoms with van der Waals surface area (Å²) < 4.78 is 36.7. The lowest BCUT2D eigenvalue weighted by molar-refractivity contribution is 0.0112. The molecule has 37 heavy (non-hydrogen) atoms. The van der Waals surface area contributed by atoms with Crippen molar-refractivity contribution in [3.63, 3.8) is 0 Å². The largest absolute Gasteiger partial charge is 0.374 e. The summed E-state index contributed by atoms with van der Waals surface area (Å²) in [4.78, 5) is 10.4. The van der Waals surface area contributed by atoms with Crippen molar-refractivity contribution in [2.75, 3.05) is 31.1 Å². The molecular weight excluding hydrogens is 474 g/mol. The van der Waals surface area contributed by atoms with Gasteiger partial charge in [0.05, 0.1) is 18.4 Å². The number of aliphatic imine (C=N–C) groups is 1. The van der Waals surface area contributed by atoms with E-state index >= 15 is 8.78 Å². The molecule has 3 aromatic rings. The molecule has 1 unspecified atom stereocenters. The summed E-state index contributed by atoms with van der Waals surface area (Å²) in [5.41, 5.74) is 5.16. The van der Waals surface area contributed by atoms with E-state index in [9.17, 15) is 5.11 Å². The summed E-state index contributed by atoms with van der Waals surface area (Å²) in [6.07, 6.45) is 1.52. The number of halogens is 2. The molecule has 0 bridgehead atoms. The Bertz CT molecular complexity index is 1340. The second kappa shape index (κ2) is 10.3. The van der Waals surface area contributed by atoms with Gasteiger partial charge in [0.1, 0.15) is 6.23 Å². The number of ether oxygens (including phenoxy) is 1. The van der Waals surface area contributed by atoms with E-state index in [1.165, 1.54) is 6.20 Å². The Balaban J connectivity index is 1.54. The number of pyridine rings is 1. The quantitative estimate of drug-likeness (QED) is 0.458. The highest BCUT2D eigenvalue weighted by Crippen LogP contribution is 2.39. The molecule has 3 heterocycles. The Hall–Kier alpha value is -3.20. The lowest BCUT2D eigenvalue weighted by atomic mass is 9.90. The van der Waals surface area contributed by atoms with Crippen LogP contribution in [0.2, 0.25) is 0 Å². The molecule has 8 heteroatoms. The van der Waals surface area contributed by atoms with Crippen LogP contribution in [0.15, 0.2) is 41.5 Å². The standard InChI is InChI=1S/C29H32F2N4O2/c1-16(2)25-15-35(9-10-37-25)24-6-5-20(26(30)27(24)31)19-13-23(28(32-4)34-14-19)21-12-18-7-8-33-29(36)22(18)11-17(21)3/h5-6,11-14,16,25,29,33,36H,4,7-10,15H2,1-3H3/t25-,29?/m1/s1. The van der Waals surface area contributed by atoms with Crippen LogP contribution in [0, 0.1) is 24.5 Å². The Kier molecular flexibility index (Phi) is 7.07. The van der Waals surface area contributed by atoms with E-state index in [2.05, 4.69) is 35.9 Å². The van der Waals surface area contributed by atoms with E-state index < -0.39 is 17.9 Å². The highest BCUT2D eigenvalue weighted by atomic mass is 19.2. The molecule has 0 amide bonds. The molecule has 1 saturated heterocycles. The van der Waals surface area contributed by atoms with Crippen LogP contribution in [0.5, 0.6) is 0 Å². The highest BCUT2D eigenvalue weighted by molar-refractivity contribution is 5.82. The van der Waals surface area contributed by atoms with Crippen LogP contribution < -0.4 is 10.2 Å². The first-order valence-corrected chi connectivity index (χ1v) is 12.7. The number of nitrogens with one attached hydrogen (secondary N) is 1. The number of nitrogens with zero attached hydrogens (tertiary/aromatic N) is 3. The lowest BCUT2D eigenvalue weighted by Crippen LogP contribution is -2.45. The molecule has 0 spiro atoms. The van der Waals surface area contributed by atoms with Crippen LogP contribution in [0.3, 0.4) is 0 Å². The first kappa shape index (κ1) is 25.4. The molecule has 0 radical (unpaired) electrons. The van der Waals surface area contributed by atoms with Crippen molar-refractivity contribution in [3.8, 4) is 22.3 Å². The second-order valence-electron chi connectivity index (χ2n) is 10.1. The molecule has 2 N–H and O–H groups in total. The monoisotopic (exact) mass is 506 g/mol. The van der Waals surface area contributed by atoms with Gasteiger partial charge < -0.3 is 14.7 Å². The number of rotatable bonds is 5. The van der Waals surface area contributed by atoms with Crippen LogP contribution >= 0.6 is 0 Å². The third-order valence-corrected chi connectivity index (χ3v) is 7.37. The number of aliphatic hydroxyl groups excluding tert-OH is 1. The van der Waals surface area contributed by atoms with Gasteiger partial charge in [0, 0.05) is 42.5 Å². The Morgan fingerprint density at radius 3 is 2.73 bits per heavy atom. The summed E-state index contributed by atoms with van der Waals surface area (Å²) in [6, 6.07) is 8.99. The predicted molar refractivity (Wildman–Crippen MR) is 142 cm³/mol. The minimum Gasteiger partial charge on any atom is -0.374 e. The number of hydrogen-bond donors (Lipinski definition) is 2. The molecule has 2 aliphatic rings. The zero-order chi connectivity index (χ0) is 26.3. The van der Waals surface area contributed by atoms with E-state index in [1.807, 2.05) is 24.0 Å². The van der Waals surface area contributed by atoms with Gasteiger partial charge in [-0.1, -0.05) is 26.0 Å². The molecule has 2 aliphatic heterocycles. The van der Waals surface area contributed by atoms with Crippen molar-refractivity contribution in [2.24, 2.45) is 10.9 Å². The van der Waals surface area contributed by atoms with Gasteiger partial charge >= 0.3 is 0 Å². The fraction of sp³-hybridized carbons (Fsp3) is 0.379. The fourth-order valence-corrected chi connectivity index (χ4v) is 5.22. The van der Waals surface area contributed by atoms with Crippen molar-refractivity contribution >= 4 is 18.2 Å². The molecule has 5 rings (SSSR count). The molecule has 0 aliphatic carbocycles. The lowest BCUT2D eigenvalue weighted by Gasteiger charge is -2.36. The van der Waals surface area contributed by atoms with E-state index in [1.54, 1.807) is 18.2 Å². The van der Waals surface area contributed by atoms with Crippen LogP contribution in [0.1, 0.15) is 36.8 Å². The molecular formula is C29H32F2N4O2. The Labute approximate surface area is 216 Å². The van der Waals surface area contributed by atoms with E-state index in [0.717, 1.165) is 28.7 Å². The molecule has 1 fully saturated rings. The maximum Gasteiger partial charge on any atom is 0.182 e. The average Bonchev–Trinajstić information content (AvgIpc) is 2.90. The van der Waals surface area contributed by atoms with Gasteiger partial charge in [-0.25, -0.2) is 18.8 Å². The minimum absolute atomic E-state index is 0.0293. The number of hydrogen-bond acceptors (Lipinski definition) is 6. The predicted octanol–water partition coefficient (Wildman–Crippen LogP) is 5.33. The van der Waals surface area contributed by atoms with E-state index in [-0.39, 0.29) is 23.3 Å². The first-order chi connectivity index (χ1) is 17.8. The smallest absolute Gasteiger partial charge is 0.182 e. The topological polar surface area (TPSA) is 70.0 Å². The zero-order valence-corrected chi connectivity index (χ0v) is 21.4. The van der Waals surface area contributed by atoms with Gasteiger partial charge in [-0.15, -0.1) is 0 Å². The third kappa shape index (κ3) is 4.77. The van der Waals surface area contributed by atoms with Crippen molar-refractivity contribution in [3.05, 3.63) is 64.9 Å². The highest BCUT2D eigenvalue weighted by Gasteiger charge is 2.27. The SMILES string of the molecule is C=Nc1ncc(-c2ccc(N3CCO[C@@H](C(C)C)C3)c(F)c2F)cc1-c1cc2c(cc1C)C(O)NCC2. The number of fused-ring (bicyclic) bond motifs is 1. The summed E-state index contributed by atoms with van der Waals surface area (Å²) in [7, 11) is 0. The summed E-state index contributed by atoms with van der Waals surface area (Å²) in [5.74, 6) is -1.09. The summed E-state index contributed by atoms with van der Waals surface area (Å²) >= 11 is 0. The second-order valence-corrected chi connectivity index (χ2v) is 10.1. The van der Waals surface area contributed by atoms with Crippen LogP contribution in [0.4, 0.5) is 20.3 Å². The van der Waals surface area contributed by atoms with Crippen molar-refractivity contribution in [1.82, 2.24) is 10.3 Å². The summed E-state index contributed by atoms with van der Waals surface area (Å²) in [5, 5.41) is 13.4. The van der Waals surface area contributed by atoms with Gasteiger partial charge in [-0.2, -0.15) is 0 Å². The maximum atomic E-state index is 15.5. The molecule has 194 valence electrons. The van der Waals surface area contributed by atoms with E-state index in [0.29, 0.717) is 43.2 Å². The fourth-order valence-electron chi connectivity index (χ4n) is 5.22. The van der Waals surface area contributed by atoms with Crippen LogP contribution in [0.25, 0.3) is 22.3 Å². The Morgan fingerprint density at radius 1 is 1.16 bits per heavy atom. The normalized spacial score (nSPS) is 19.7. The molecule has 0 saturated carbocycles. The summed E-state index contributed by atoms with van der Waals surface area (Å²) in [6.45, 7) is 11.9. The average molecular weight is 507 g/mol. The van der Waals surface area contributed by atoms with Gasteiger partial charge in [0.25, 0.3) is 0 Å². The minimum atomic E-state index is -0.909. The number of aliphatic hydroxyl groups is 1. The number of anilines is 1. The number of morpholine rings is 1. The van der Waals surface area contributed by atoms with Crippen molar-refractivity contribution < 1.29 is 18.6 Å². The molecule has 2 atom stereocenters. The van der Waals surface area contributed by atoms with Gasteiger partial charge in [0.15, 0.2) is 17.5 Å². The van der Waals surface area contributed by atoms with Gasteiger partial charge in [-0.3, -0.25) is 5.32 Å². The van der Waals surface area contributed by atoms with Crippen LogP contribution in [-0.2, 0) is 11.2 Å². The number of aryl methyl sites for hydroxylation is 1. The third-order valence-electron chi connectivity index (χ3n) is 7.37. The van der Waals surface area contributed by atoms with Crippen molar-refractivity contribution in [2.45, 2.75) is 39.5 Å². The zero-order valence-electron chi connectivity index (χ0n) is 21.4. The maximum absolute atomic E-state index is 15.5. The van der Waals surface area contributed by atoms with Gasteiger partial charge in [-0.05, 0) is 66.4 Å². The van der Waals surface area contributed by atoms with E-state index in [4.69, 9.17) is 4.74 Å². The van der Waals surface area contributed by atoms with Crippen molar-refractivity contribution in [1.29, 1.82) is 0 Å². The Morgan fingerprint density at radius 2 is 1.97 bits per heavy atom. The number of aromatic nitrogens is 1. The molecule has 6 nitrogen and oxygen atoms in total.